The summed E-state index contributed by atoms with van der Waals surface area (Å²) in [5.41, 5.74) is 2.16. The third-order valence-corrected chi connectivity index (χ3v) is 6.15. The van der Waals surface area contributed by atoms with Crippen LogP contribution in [0, 0.1) is 6.92 Å². The largest absolute Gasteiger partial charge is 0.334 e. The molecule has 0 saturated carbocycles. The van der Waals surface area contributed by atoms with Crippen molar-refractivity contribution in [3.8, 4) is 0 Å². The van der Waals surface area contributed by atoms with Gasteiger partial charge >= 0.3 is 0 Å². The SMILES string of the molecule is Cc1ccc(/C=C2\SC(=S)N(CCC(=O)N3CC[NH+](C)CC3)C2=O)cc1. The Kier molecular flexibility index (Phi) is 6.11. The maximum atomic E-state index is 12.6. The molecule has 2 heterocycles. The van der Waals surface area contributed by atoms with Crippen molar-refractivity contribution in [2.45, 2.75) is 13.3 Å². The number of hydrogen-bond acceptors (Lipinski definition) is 4. The fourth-order valence-electron chi connectivity index (χ4n) is 3.01. The van der Waals surface area contributed by atoms with Crippen LogP contribution in [0.1, 0.15) is 17.5 Å². The van der Waals surface area contributed by atoms with E-state index in [4.69, 9.17) is 12.2 Å². The first-order valence-electron chi connectivity index (χ1n) is 8.85. The van der Waals surface area contributed by atoms with E-state index in [-0.39, 0.29) is 11.8 Å². The molecular weight excluding hydrogens is 366 g/mol. The Hall–Kier alpha value is -1.70. The number of amides is 2. The van der Waals surface area contributed by atoms with E-state index in [1.54, 1.807) is 4.90 Å². The smallest absolute Gasteiger partial charge is 0.266 e. The standard InChI is InChI=1S/C19H23N3O2S2/c1-14-3-5-15(6-4-14)13-16-18(24)22(19(25)26-16)8-7-17(23)21-11-9-20(2)10-12-21/h3-6,13H,7-12H2,1-2H3/p+1/b16-13-. The van der Waals surface area contributed by atoms with Crippen LogP contribution in [0.2, 0.25) is 0 Å². The lowest BCUT2D eigenvalue weighted by atomic mass is 10.1. The average molecular weight is 391 g/mol. The van der Waals surface area contributed by atoms with Gasteiger partial charge in [-0.25, -0.2) is 0 Å². The molecule has 0 aromatic heterocycles. The Morgan fingerprint density at radius 1 is 1.27 bits per heavy atom. The first-order valence-corrected chi connectivity index (χ1v) is 10.1. The number of piperazine rings is 1. The first kappa shape index (κ1) is 19.1. The Morgan fingerprint density at radius 3 is 2.58 bits per heavy atom. The van der Waals surface area contributed by atoms with Crippen molar-refractivity contribution in [2.75, 3.05) is 39.8 Å². The zero-order valence-electron chi connectivity index (χ0n) is 15.2. The fraction of sp³-hybridized carbons (Fsp3) is 0.421. The number of thiocarbonyl (C=S) groups is 1. The van der Waals surface area contributed by atoms with Gasteiger partial charge in [0.15, 0.2) is 0 Å². The maximum absolute atomic E-state index is 12.6. The van der Waals surface area contributed by atoms with Crippen LogP contribution < -0.4 is 4.90 Å². The van der Waals surface area contributed by atoms with E-state index in [0.29, 0.717) is 22.2 Å². The van der Waals surface area contributed by atoms with Crippen LogP contribution in [0.4, 0.5) is 0 Å². The Bertz CT molecular complexity index is 738. The normalized spacial score (nSPS) is 20.3. The lowest BCUT2D eigenvalue weighted by molar-refractivity contribution is -0.883. The number of rotatable bonds is 4. The number of nitrogens with one attached hydrogen (secondary N) is 1. The summed E-state index contributed by atoms with van der Waals surface area (Å²) in [6, 6.07) is 8.01. The van der Waals surface area contributed by atoms with Gasteiger partial charge in [0.2, 0.25) is 5.91 Å². The molecule has 0 spiro atoms. The summed E-state index contributed by atoms with van der Waals surface area (Å²) in [5.74, 6) is 0.00487. The van der Waals surface area contributed by atoms with Gasteiger partial charge in [-0.15, -0.1) is 0 Å². The van der Waals surface area contributed by atoms with Gasteiger partial charge in [0.05, 0.1) is 38.1 Å². The molecule has 7 heteroatoms. The molecule has 0 bridgehead atoms. The van der Waals surface area contributed by atoms with Crippen molar-refractivity contribution in [2.24, 2.45) is 0 Å². The van der Waals surface area contributed by atoms with Crippen LogP contribution in [-0.4, -0.2) is 65.7 Å². The number of hydrogen-bond donors (Lipinski definition) is 1. The van der Waals surface area contributed by atoms with Gasteiger partial charge in [-0.1, -0.05) is 53.8 Å². The molecule has 0 aliphatic carbocycles. The van der Waals surface area contributed by atoms with Gasteiger partial charge in [0.1, 0.15) is 4.32 Å². The second-order valence-corrected chi connectivity index (χ2v) is 8.51. The molecule has 0 unspecified atom stereocenters. The van der Waals surface area contributed by atoms with Gasteiger partial charge in [0, 0.05) is 13.0 Å². The Labute approximate surface area is 164 Å². The lowest BCUT2D eigenvalue weighted by Gasteiger charge is -2.30. The van der Waals surface area contributed by atoms with Crippen molar-refractivity contribution in [1.29, 1.82) is 0 Å². The van der Waals surface area contributed by atoms with Gasteiger partial charge in [-0.3, -0.25) is 14.5 Å². The number of quaternary nitrogens is 1. The number of carbonyl (C=O) groups is 2. The van der Waals surface area contributed by atoms with Crippen molar-refractivity contribution in [3.63, 3.8) is 0 Å². The van der Waals surface area contributed by atoms with E-state index in [1.807, 2.05) is 42.2 Å². The molecule has 5 nitrogen and oxygen atoms in total. The lowest BCUT2D eigenvalue weighted by Crippen LogP contribution is -3.12. The third kappa shape index (κ3) is 4.52. The summed E-state index contributed by atoms with van der Waals surface area (Å²) in [6.45, 7) is 5.92. The van der Waals surface area contributed by atoms with E-state index in [2.05, 4.69) is 7.05 Å². The number of carbonyl (C=O) groups excluding carboxylic acids is 2. The van der Waals surface area contributed by atoms with E-state index in [1.165, 1.54) is 22.2 Å². The highest BCUT2D eigenvalue weighted by molar-refractivity contribution is 8.26. The number of aryl methyl sites for hydroxylation is 1. The Balaban J connectivity index is 1.59. The number of likely N-dealkylation sites (N-methyl/N-ethyl adjacent to an activating group) is 1. The van der Waals surface area contributed by atoms with E-state index >= 15 is 0 Å². The highest BCUT2D eigenvalue weighted by Gasteiger charge is 2.32. The summed E-state index contributed by atoms with van der Waals surface area (Å²) in [5, 5.41) is 0. The molecule has 1 aromatic rings. The number of benzene rings is 1. The molecule has 2 fully saturated rings. The van der Waals surface area contributed by atoms with E-state index < -0.39 is 0 Å². The van der Waals surface area contributed by atoms with Crippen molar-refractivity contribution >= 4 is 46.2 Å². The molecule has 2 saturated heterocycles. The topological polar surface area (TPSA) is 45.1 Å². The minimum atomic E-state index is -0.101. The fourth-order valence-corrected chi connectivity index (χ4v) is 4.32. The van der Waals surface area contributed by atoms with Crippen LogP contribution >= 0.6 is 24.0 Å². The quantitative estimate of drug-likeness (QED) is 0.614. The van der Waals surface area contributed by atoms with E-state index in [0.717, 1.165) is 31.7 Å². The second-order valence-electron chi connectivity index (χ2n) is 6.83. The molecule has 2 aliphatic rings. The van der Waals surface area contributed by atoms with Crippen LogP contribution in [0.15, 0.2) is 29.2 Å². The van der Waals surface area contributed by atoms with Crippen molar-refractivity contribution in [3.05, 3.63) is 40.3 Å². The molecule has 3 rings (SSSR count). The zero-order chi connectivity index (χ0) is 18.7. The minimum absolute atomic E-state index is 0.101. The van der Waals surface area contributed by atoms with Crippen molar-refractivity contribution in [1.82, 2.24) is 9.80 Å². The number of thioether (sulfide) groups is 1. The Morgan fingerprint density at radius 2 is 1.92 bits per heavy atom. The molecule has 0 radical (unpaired) electrons. The molecule has 138 valence electrons. The molecule has 0 atom stereocenters. The molecule has 1 N–H and O–H groups in total. The summed E-state index contributed by atoms with van der Waals surface area (Å²) in [6.07, 6.45) is 2.19. The van der Waals surface area contributed by atoms with Crippen LogP contribution in [0.25, 0.3) is 6.08 Å². The predicted molar refractivity (Wildman–Crippen MR) is 109 cm³/mol. The molecule has 2 aliphatic heterocycles. The third-order valence-electron chi connectivity index (χ3n) is 4.77. The summed E-state index contributed by atoms with van der Waals surface area (Å²) < 4.78 is 0.531. The maximum Gasteiger partial charge on any atom is 0.266 e. The summed E-state index contributed by atoms with van der Waals surface area (Å²) >= 11 is 6.66. The van der Waals surface area contributed by atoms with Crippen LogP contribution in [-0.2, 0) is 9.59 Å². The molecule has 26 heavy (non-hydrogen) atoms. The molecule has 2 amide bonds. The molecular formula is C19H24N3O2S2+. The van der Waals surface area contributed by atoms with Crippen LogP contribution in [0.5, 0.6) is 0 Å². The predicted octanol–water partition coefficient (Wildman–Crippen LogP) is 0.943. The van der Waals surface area contributed by atoms with Gasteiger partial charge in [-0.2, -0.15) is 0 Å². The zero-order valence-corrected chi connectivity index (χ0v) is 16.8. The van der Waals surface area contributed by atoms with E-state index in [9.17, 15) is 9.59 Å². The van der Waals surface area contributed by atoms with Gasteiger partial charge in [-0.05, 0) is 18.6 Å². The second kappa shape index (κ2) is 8.33. The summed E-state index contributed by atoms with van der Waals surface area (Å²) in [7, 11) is 2.14. The average Bonchev–Trinajstić information content (AvgIpc) is 2.89. The summed E-state index contributed by atoms with van der Waals surface area (Å²) in [4.78, 5) is 30.6. The van der Waals surface area contributed by atoms with Crippen molar-refractivity contribution < 1.29 is 14.5 Å². The molecule has 1 aromatic carbocycles. The minimum Gasteiger partial charge on any atom is -0.334 e. The highest BCUT2D eigenvalue weighted by atomic mass is 32.2. The monoisotopic (exact) mass is 390 g/mol. The van der Waals surface area contributed by atoms with Crippen LogP contribution in [0.3, 0.4) is 0 Å². The van der Waals surface area contributed by atoms with Gasteiger partial charge in [0.25, 0.3) is 5.91 Å². The number of nitrogens with zero attached hydrogens (tertiary/aromatic N) is 2. The first-order chi connectivity index (χ1) is 12.4. The highest BCUT2D eigenvalue weighted by Crippen LogP contribution is 2.32. The van der Waals surface area contributed by atoms with Gasteiger partial charge < -0.3 is 9.80 Å².